The van der Waals surface area contributed by atoms with Crippen LogP contribution in [0.5, 0.6) is 0 Å². The van der Waals surface area contributed by atoms with Crippen LogP contribution < -0.4 is 5.32 Å². The van der Waals surface area contributed by atoms with Gasteiger partial charge in [0.05, 0.1) is 5.56 Å². The molecule has 24 heavy (non-hydrogen) atoms. The molecule has 8 heteroatoms. The van der Waals surface area contributed by atoms with Crippen molar-refractivity contribution in [2.45, 2.75) is 11.3 Å². The highest BCUT2D eigenvalue weighted by Crippen LogP contribution is 2.29. The fraction of sp³-hybridized carbons (Fsp3) is 0.188. The second kappa shape index (κ2) is 6.40. The van der Waals surface area contributed by atoms with Crippen LogP contribution in [0.4, 0.5) is 0 Å². The second-order valence-electron chi connectivity index (χ2n) is 5.23. The van der Waals surface area contributed by atoms with Crippen molar-refractivity contribution in [1.29, 1.82) is 0 Å². The number of aromatic nitrogens is 1. The van der Waals surface area contributed by atoms with Crippen molar-refractivity contribution in [3.63, 3.8) is 0 Å². The molecule has 1 aromatic heterocycles. The van der Waals surface area contributed by atoms with Gasteiger partial charge in [-0.15, -0.1) is 0 Å². The van der Waals surface area contributed by atoms with Crippen LogP contribution in [0.2, 0.25) is 0 Å². The normalized spacial score (nSPS) is 15.2. The van der Waals surface area contributed by atoms with Gasteiger partial charge in [0, 0.05) is 24.9 Å². The predicted octanol–water partition coefficient (Wildman–Crippen LogP) is 0.585. The topological polar surface area (TPSA) is 96.4 Å². The molecule has 2 amide bonds. The molecule has 1 N–H and O–H groups in total. The Kier molecular flexibility index (Phi) is 4.30. The van der Waals surface area contributed by atoms with E-state index in [0.717, 1.165) is 5.69 Å². The molecule has 0 unspecified atom stereocenters. The van der Waals surface area contributed by atoms with Crippen LogP contribution in [0.1, 0.15) is 16.1 Å². The molecule has 0 atom stereocenters. The van der Waals surface area contributed by atoms with Gasteiger partial charge in [0.15, 0.2) is 0 Å². The Morgan fingerprint density at radius 3 is 2.58 bits per heavy atom. The van der Waals surface area contributed by atoms with Gasteiger partial charge in [-0.05, 0) is 24.3 Å². The maximum absolute atomic E-state index is 12.3. The van der Waals surface area contributed by atoms with Gasteiger partial charge in [-0.2, -0.15) is 0 Å². The Labute approximate surface area is 139 Å². The molecule has 1 aliphatic heterocycles. The third kappa shape index (κ3) is 3.00. The lowest BCUT2D eigenvalue weighted by molar-refractivity contribution is -0.121. The summed E-state index contributed by atoms with van der Waals surface area (Å²) < 4.78 is 25.3. The molecule has 7 nitrogen and oxygen atoms in total. The average molecular weight is 345 g/mol. The first-order valence-electron chi connectivity index (χ1n) is 7.33. The molecule has 124 valence electrons. The van der Waals surface area contributed by atoms with E-state index in [1.165, 1.54) is 12.1 Å². The summed E-state index contributed by atoms with van der Waals surface area (Å²) in [6, 6.07) is 11.4. The Bertz CT molecular complexity index is 881. The quantitative estimate of drug-likeness (QED) is 0.855. The SMILES string of the molecule is O=C(CN1C(=O)c2ccccc2S1(=O)=O)NCCc1ccccn1. The van der Waals surface area contributed by atoms with E-state index in [9.17, 15) is 18.0 Å². The van der Waals surface area contributed by atoms with Crippen molar-refractivity contribution in [3.8, 4) is 0 Å². The first kappa shape index (κ1) is 16.1. The molecule has 2 aromatic rings. The lowest BCUT2D eigenvalue weighted by Gasteiger charge is -2.14. The van der Waals surface area contributed by atoms with Crippen LogP contribution in [0, 0.1) is 0 Å². The number of nitrogens with zero attached hydrogens (tertiary/aromatic N) is 2. The van der Waals surface area contributed by atoms with E-state index < -0.39 is 28.4 Å². The largest absolute Gasteiger partial charge is 0.354 e. The van der Waals surface area contributed by atoms with Crippen LogP contribution in [-0.2, 0) is 21.2 Å². The highest BCUT2D eigenvalue weighted by molar-refractivity contribution is 7.90. The first-order chi connectivity index (χ1) is 11.5. The van der Waals surface area contributed by atoms with Crippen LogP contribution in [0.25, 0.3) is 0 Å². The highest BCUT2D eigenvalue weighted by atomic mass is 32.2. The third-order valence-corrected chi connectivity index (χ3v) is 5.42. The van der Waals surface area contributed by atoms with Gasteiger partial charge < -0.3 is 5.32 Å². The number of nitrogens with one attached hydrogen (secondary N) is 1. The van der Waals surface area contributed by atoms with Gasteiger partial charge in [0.25, 0.3) is 15.9 Å². The summed E-state index contributed by atoms with van der Waals surface area (Å²) in [6.07, 6.45) is 2.18. The maximum Gasteiger partial charge on any atom is 0.269 e. The average Bonchev–Trinajstić information content (AvgIpc) is 2.77. The summed E-state index contributed by atoms with van der Waals surface area (Å²) >= 11 is 0. The highest BCUT2D eigenvalue weighted by Gasteiger charge is 2.41. The van der Waals surface area contributed by atoms with E-state index in [1.54, 1.807) is 24.4 Å². The Morgan fingerprint density at radius 2 is 1.88 bits per heavy atom. The molecule has 0 aliphatic carbocycles. The van der Waals surface area contributed by atoms with E-state index in [2.05, 4.69) is 10.3 Å². The predicted molar refractivity (Wildman–Crippen MR) is 85.6 cm³/mol. The number of carbonyl (C=O) groups is 2. The van der Waals surface area contributed by atoms with E-state index in [4.69, 9.17) is 0 Å². The summed E-state index contributed by atoms with van der Waals surface area (Å²) in [6.45, 7) is -0.219. The fourth-order valence-corrected chi connectivity index (χ4v) is 3.97. The van der Waals surface area contributed by atoms with Crippen molar-refractivity contribution in [2.24, 2.45) is 0 Å². The molecule has 1 aromatic carbocycles. The number of carbonyl (C=O) groups excluding carboxylic acids is 2. The summed E-state index contributed by atoms with van der Waals surface area (Å²) in [5.41, 5.74) is 0.911. The van der Waals surface area contributed by atoms with Crippen LogP contribution in [0.15, 0.2) is 53.6 Å². The Balaban J connectivity index is 1.62. The number of benzene rings is 1. The standard InChI is InChI=1S/C16H15N3O4S/c20-15(18-10-8-12-5-3-4-9-17-12)11-19-16(21)13-6-1-2-7-14(13)24(19,22)23/h1-7,9H,8,10-11H2,(H,18,20). The number of sulfonamides is 1. The monoisotopic (exact) mass is 345 g/mol. The van der Waals surface area contributed by atoms with Gasteiger partial charge in [-0.1, -0.05) is 18.2 Å². The lowest BCUT2D eigenvalue weighted by atomic mass is 10.2. The van der Waals surface area contributed by atoms with Gasteiger partial charge in [-0.25, -0.2) is 12.7 Å². The number of pyridine rings is 1. The molecule has 0 spiro atoms. The van der Waals surface area contributed by atoms with E-state index >= 15 is 0 Å². The smallest absolute Gasteiger partial charge is 0.269 e. The van der Waals surface area contributed by atoms with E-state index in [1.807, 2.05) is 12.1 Å². The summed E-state index contributed by atoms with van der Waals surface area (Å²) in [5.74, 6) is -1.21. The fourth-order valence-electron chi connectivity index (χ4n) is 2.45. The molecule has 0 saturated carbocycles. The Hall–Kier alpha value is -2.74. The minimum Gasteiger partial charge on any atom is -0.354 e. The van der Waals surface area contributed by atoms with Crippen LogP contribution in [-0.4, -0.2) is 42.6 Å². The minimum absolute atomic E-state index is 0.0590. The molecule has 3 rings (SSSR count). The number of rotatable bonds is 5. The number of hydrogen-bond donors (Lipinski definition) is 1. The first-order valence-corrected chi connectivity index (χ1v) is 8.77. The van der Waals surface area contributed by atoms with Crippen molar-refractivity contribution in [3.05, 3.63) is 59.9 Å². The van der Waals surface area contributed by atoms with Crippen molar-refractivity contribution in [2.75, 3.05) is 13.1 Å². The second-order valence-corrected chi connectivity index (χ2v) is 7.06. The van der Waals surface area contributed by atoms with Crippen LogP contribution >= 0.6 is 0 Å². The maximum atomic E-state index is 12.3. The molecule has 2 heterocycles. The van der Waals surface area contributed by atoms with Gasteiger partial charge in [0.1, 0.15) is 11.4 Å². The van der Waals surface area contributed by atoms with Crippen molar-refractivity contribution >= 4 is 21.8 Å². The summed E-state index contributed by atoms with van der Waals surface area (Å²) in [4.78, 5) is 28.3. The zero-order valence-electron chi connectivity index (χ0n) is 12.7. The number of hydrogen-bond acceptors (Lipinski definition) is 5. The van der Waals surface area contributed by atoms with Crippen molar-refractivity contribution < 1.29 is 18.0 Å². The Morgan fingerprint density at radius 1 is 1.12 bits per heavy atom. The molecule has 0 saturated heterocycles. The van der Waals surface area contributed by atoms with E-state index in [0.29, 0.717) is 17.3 Å². The van der Waals surface area contributed by atoms with Gasteiger partial charge >= 0.3 is 0 Å². The van der Waals surface area contributed by atoms with Crippen molar-refractivity contribution in [1.82, 2.24) is 14.6 Å². The summed E-state index contributed by atoms with van der Waals surface area (Å²) in [7, 11) is -3.96. The number of amides is 2. The minimum atomic E-state index is -3.96. The zero-order valence-corrected chi connectivity index (χ0v) is 13.5. The molecule has 0 radical (unpaired) electrons. The summed E-state index contributed by atoms with van der Waals surface area (Å²) in [5, 5.41) is 2.61. The molecular formula is C16H15N3O4S. The molecule has 0 bridgehead atoms. The zero-order chi connectivity index (χ0) is 17.2. The van der Waals surface area contributed by atoms with E-state index in [-0.39, 0.29) is 10.5 Å². The third-order valence-electron chi connectivity index (χ3n) is 3.63. The molecule has 0 fully saturated rings. The van der Waals surface area contributed by atoms with Gasteiger partial charge in [-0.3, -0.25) is 14.6 Å². The molecular weight excluding hydrogens is 330 g/mol. The molecule has 1 aliphatic rings. The van der Waals surface area contributed by atoms with Crippen LogP contribution in [0.3, 0.4) is 0 Å². The number of fused-ring (bicyclic) bond motifs is 1. The lowest BCUT2D eigenvalue weighted by Crippen LogP contribution is -2.40. The van der Waals surface area contributed by atoms with Gasteiger partial charge in [0.2, 0.25) is 5.91 Å².